The van der Waals surface area contributed by atoms with Gasteiger partial charge in [-0.05, 0) is 48.5 Å². The van der Waals surface area contributed by atoms with Gasteiger partial charge in [-0.15, -0.1) is 0 Å². The topological polar surface area (TPSA) is 60.7 Å². The molecule has 0 aliphatic carbocycles. The molecule has 0 amide bonds. The van der Waals surface area contributed by atoms with Gasteiger partial charge in [-0.1, -0.05) is 0 Å². The number of phenolic OH excluding ortho intramolecular Hbond substituents is 3. The molecule has 0 saturated carbocycles. The van der Waals surface area contributed by atoms with Crippen molar-refractivity contribution in [1.29, 1.82) is 0 Å². The lowest BCUT2D eigenvalue weighted by Gasteiger charge is -2.12. The van der Waals surface area contributed by atoms with E-state index in [9.17, 15) is 28.5 Å². The van der Waals surface area contributed by atoms with Gasteiger partial charge in [0, 0.05) is 35.1 Å². The molecule has 3 aromatic carbocycles. The minimum atomic E-state index is -0.653. The van der Waals surface area contributed by atoms with E-state index in [-0.39, 0.29) is 52.3 Å². The summed E-state index contributed by atoms with van der Waals surface area (Å²) >= 11 is 0. The molecule has 0 spiro atoms. The lowest BCUT2D eigenvalue weighted by molar-refractivity contribution is 0.453. The molecule has 0 bridgehead atoms. The Kier molecular flexibility index (Phi) is 4.75. The highest BCUT2D eigenvalue weighted by Gasteiger charge is 2.15. The fourth-order valence-electron chi connectivity index (χ4n) is 2.79. The van der Waals surface area contributed by atoms with Crippen LogP contribution in [0.1, 0.15) is 22.3 Å². The molecule has 3 nitrogen and oxygen atoms in total. The van der Waals surface area contributed by atoms with Crippen LogP contribution in [0.25, 0.3) is 0 Å². The van der Waals surface area contributed by atoms with Crippen LogP contribution in [0.3, 0.4) is 0 Å². The quantitative estimate of drug-likeness (QED) is 0.646. The Labute approximate surface area is 147 Å². The van der Waals surface area contributed by atoms with Crippen molar-refractivity contribution < 1.29 is 28.5 Å². The van der Waals surface area contributed by atoms with Crippen molar-refractivity contribution in [3.8, 4) is 17.2 Å². The maximum absolute atomic E-state index is 14.0. The van der Waals surface area contributed by atoms with Gasteiger partial charge in [0.15, 0.2) is 0 Å². The lowest BCUT2D eigenvalue weighted by atomic mass is 9.96. The fourth-order valence-corrected chi connectivity index (χ4v) is 2.79. The molecule has 0 fully saturated rings. The molecular formula is C20H15F3O3. The van der Waals surface area contributed by atoms with Crippen LogP contribution in [0, 0.1) is 17.5 Å². The smallest absolute Gasteiger partial charge is 0.124 e. The Morgan fingerprint density at radius 1 is 0.538 bits per heavy atom. The molecule has 0 aliphatic rings. The highest BCUT2D eigenvalue weighted by molar-refractivity contribution is 5.48. The molecule has 3 aromatic rings. The maximum Gasteiger partial charge on any atom is 0.124 e. The van der Waals surface area contributed by atoms with Gasteiger partial charge >= 0.3 is 0 Å². The number of rotatable bonds is 4. The predicted octanol–water partition coefficient (Wildman–Crippen LogP) is 4.40. The van der Waals surface area contributed by atoms with Crippen LogP contribution in [0.4, 0.5) is 13.2 Å². The van der Waals surface area contributed by atoms with Crippen molar-refractivity contribution in [2.45, 2.75) is 12.8 Å². The second kappa shape index (κ2) is 7.00. The first-order valence-electron chi connectivity index (χ1n) is 7.78. The molecule has 134 valence electrons. The molecule has 0 radical (unpaired) electrons. The van der Waals surface area contributed by atoms with Gasteiger partial charge in [0.2, 0.25) is 0 Å². The number of hydrogen-bond donors (Lipinski definition) is 3. The predicted molar refractivity (Wildman–Crippen MR) is 89.8 cm³/mol. The van der Waals surface area contributed by atoms with E-state index >= 15 is 0 Å². The van der Waals surface area contributed by atoms with Crippen molar-refractivity contribution in [1.82, 2.24) is 0 Å². The molecule has 0 aromatic heterocycles. The van der Waals surface area contributed by atoms with E-state index in [0.29, 0.717) is 0 Å². The molecule has 6 heteroatoms. The summed E-state index contributed by atoms with van der Waals surface area (Å²) in [7, 11) is 0. The third-order valence-electron chi connectivity index (χ3n) is 4.08. The van der Waals surface area contributed by atoms with Crippen molar-refractivity contribution in [2.75, 3.05) is 0 Å². The number of aromatic hydroxyl groups is 3. The summed E-state index contributed by atoms with van der Waals surface area (Å²) in [4.78, 5) is 0. The lowest BCUT2D eigenvalue weighted by Crippen LogP contribution is -1.98. The molecule has 0 unspecified atom stereocenters. The van der Waals surface area contributed by atoms with E-state index in [4.69, 9.17) is 0 Å². The number of benzene rings is 3. The van der Waals surface area contributed by atoms with Crippen LogP contribution in [0.15, 0.2) is 48.5 Å². The molecule has 0 heterocycles. The summed E-state index contributed by atoms with van der Waals surface area (Å²) in [5, 5.41) is 30.1. The average Bonchev–Trinajstić information content (AvgIpc) is 2.58. The van der Waals surface area contributed by atoms with Crippen LogP contribution in [0.5, 0.6) is 17.2 Å². The van der Waals surface area contributed by atoms with Crippen molar-refractivity contribution in [3.05, 3.63) is 88.2 Å². The summed E-state index contributed by atoms with van der Waals surface area (Å²) in [5.41, 5.74) is 0.643. The van der Waals surface area contributed by atoms with E-state index in [0.717, 1.165) is 36.4 Å². The number of halogens is 3. The van der Waals surface area contributed by atoms with Crippen LogP contribution in [-0.2, 0) is 12.8 Å². The summed E-state index contributed by atoms with van der Waals surface area (Å²) in [6.45, 7) is 0. The van der Waals surface area contributed by atoms with Crippen LogP contribution < -0.4 is 0 Å². The van der Waals surface area contributed by atoms with Crippen molar-refractivity contribution in [3.63, 3.8) is 0 Å². The molecule has 0 atom stereocenters. The SMILES string of the molecule is Oc1ccc(F)cc1Cc1cc(F)cc(Cc2cc(F)ccc2O)c1O. The van der Waals surface area contributed by atoms with E-state index in [1.807, 2.05) is 0 Å². The second-order valence-electron chi connectivity index (χ2n) is 5.97. The largest absolute Gasteiger partial charge is 0.508 e. The third-order valence-corrected chi connectivity index (χ3v) is 4.08. The monoisotopic (exact) mass is 360 g/mol. The first-order chi connectivity index (χ1) is 12.3. The van der Waals surface area contributed by atoms with E-state index in [1.165, 1.54) is 12.1 Å². The molecular weight excluding hydrogens is 345 g/mol. The summed E-state index contributed by atoms with van der Waals surface area (Å²) in [6.07, 6.45) is -0.204. The van der Waals surface area contributed by atoms with E-state index < -0.39 is 17.5 Å². The van der Waals surface area contributed by atoms with Crippen LogP contribution in [-0.4, -0.2) is 15.3 Å². The molecule has 0 saturated heterocycles. The Balaban J connectivity index is 1.98. The zero-order valence-electron chi connectivity index (χ0n) is 13.5. The minimum absolute atomic E-state index is 0.102. The first-order valence-corrected chi connectivity index (χ1v) is 7.78. The zero-order chi connectivity index (χ0) is 18.8. The average molecular weight is 360 g/mol. The molecule has 26 heavy (non-hydrogen) atoms. The fraction of sp³-hybridized carbons (Fsp3) is 0.100. The molecule has 0 aliphatic heterocycles. The number of phenols is 3. The van der Waals surface area contributed by atoms with Crippen LogP contribution >= 0.6 is 0 Å². The second-order valence-corrected chi connectivity index (χ2v) is 5.97. The standard InChI is InChI=1S/C20H15F3O3/c21-15-1-3-18(24)11(7-15)5-13-9-17(23)10-14(20(13)26)6-12-8-16(22)2-4-19(12)25/h1-4,7-10,24-26H,5-6H2. The first kappa shape index (κ1) is 17.7. The van der Waals surface area contributed by atoms with Crippen LogP contribution in [0.2, 0.25) is 0 Å². The van der Waals surface area contributed by atoms with Gasteiger partial charge < -0.3 is 15.3 Å². The third kappa shape index (κ3) is 3.74. The Hall–Kier alpha value is -3.15. The van der Waals surface area contributed by atoms with Gasteiger partial charge in [-0.25, -0.2) is 13.2 Å². The maximum atomic E-state index is 14.0. The highest BCUT2D eigenvalue weighted by atomic mass is 19.1. The molecule has 3 N–H and O–H groups in total. The Morgan fingerprint density at radius 3 is 1.35 bits per heavy atom. The number of hydrogen-bond acceptors (Lipinski definition) is 3. The Morgan fingerprint density at radius 2 is 0.923 bits per heavy atom. The van der Waals surface area contributed by atoms with Gasteiger partial charge in [0.05, 0.1) is 0 Å². The minimum Gasteiger partial charge on any atom is -0.508 e. The van der Waals surface area contributed by atoms with E-state index in [1.54, 1.807) is 0 Å². The zero-order valence-corrected chi connectivity index (χ0v) is 13.5. The Bertz CT molecular complexity index is 896. The summed E-state index contributed by atoms with van der Waals surface area (Å²) < 4.78 is 40.7. The molecule has 3 rings (SSSR count). The van der Waals surface area contributed by atoms with E-state index in [2.05, 4.69) is 0 Å². The van der Waals surface area contributed by atoms with Gasteiger partial charge in [0.25, 0.3) is 0 Å². The summed E-state index contributed by atoms with van der Waals surface area (Å²) in [5.74, 6) is -2.42. The van der Waals surface area contributed by atoms with Gasteiger partial charge in [0.1, 0.15) is 34.7 Å². The van der Waals surface area contributed by atoms with Gasteiger partial charge in [-0.3, -0.25) is 0 Å². The normalized spacial score (nSPS) is 10.9. The summed E-state index contributed by atoms with van der Waals surface area (Å²) in [6, 6.07) is 8.86. The van der Waals surface area contributed by atoms with Gasteiger partial charge in [-0.2, -0.15) is 0 Å². The van der Waals surface area contributed by atoms with Crippen molar-refractivity contribution >= 4 is 0 Å². The van der Waals surface area contributed by atoms with Crippen molar-refractivity contribution in [2.24, 2.45) is 0 Å². The highest BCUT2D eigenvalue weighted by Crippen LogP contribution is 2.32.